The van der Waals surface area contributed by atoms with Crippen molar-refractivity contribution in [3.63, 3.8) is 0 Å². The minimum absolute atomic E-state index is 0.505. The van der Waals surface area contributed by atoms with Crippen LogP contribution in [-0.4, -0.2) is 19.1 Å². The van der Waals surface area contributed by atoms with Gasteiger partial charge in [0.15, 0.2) is 0 Å². The van der Waals surface area contributed by atoms with Crippen LogP contribution in [0.4, 0.5) is 5.69 Å². The first-order valence-corrected chi connectivity index (χ1v) is 8.03. The van der Waals surface area contributed by atoms with E-state index in [-0.39, 0.29) is 0 Å². The molecule has 3 heteroatoms. The van der Waals surface area contributed by atoms with Gasteiger partial charge < -0.3 is 10.2 Å². The van der Waals surface area contributed by atoms with Crippen LogP contribution in [0.2, 0.25) is 0 Å². The molecular formula is C16H27BrN2. The summed E-state index contributed by atoms with van der Waals surface area (Å²) in [5.74, 6) is 0. The van der Waals surface area contributed by atoms with Gasteiger partial charge in [-0.25, -0.2) is 0 Å². The highest BCUT2D eigenvalue weighted by atomic mass is 79.9. The van der Waals surface area contributed by atoms with Crippen LogP contribution in [0.5, 0.6) is 0 Å². The number of hydrogen-bond donors (Lipinski definition) is 1. The van der Waals surface area contributed by atoms with Crippen molar-refractivity contribution >= 4 is 21.6 Å². The minimum atomic E-state index is 0.505. The molecule has 1 N–H and O–H groups in total. The van der Waals surface area contributed by atoms with Crippen LogP contribution >= 0.6 is 15.9 Å². The SMILES string of the molecule is CCC(CC)N(C)c1ccc(Br)cc1CNC(C)C. The van der Waals surface area contributed by atoms with Gasteiger partial charge in [0, 0.05) is 35.8 Å². The molecule has 1 aromatic carbocycles. The second-order valence-electron chi connectivity index (χ2n) is 5.39. The quantitative estimate of drug-likeness (QED) is 0.789. The number of nitrogens with zero attached hydrogens (tertiary/aromatic N) is 1. The molecule has 0 amide bonds. The van der Waals surface area contributed by atoms with Crippen molar-refractivity contribution in [3.05, 3.63) is 28.2 Å². The summed E-state index contributed by atoms with van der Waals surface area (Å²) < 4.78 is 1.15. The van der Waals surface area contributed by atoms with Crippen molar-refractivity contribution < 1.29 is 0 Å². The highest BCUT2D eigenvalue weighted by Gasteiger charge is 2.14. The number of benzene rings is 1. The van der Waals surface area contributed by atoms with Gasteiger partial charge in [0.05, 0.1) is 0 Å². The fourth-order valence-corrected chi connectivity index (χ4v) is 2.80. The van der Waals surface area contributed by atoms with Crippen LogP contribution in [0.3, 0.4) is 0 Å². The van der Waals surface area contributed by atoms with E-state index in [0.717, 1.165) is 11.0 Å². The van der Waals surface area contributed by atoms with Crippen LogP contribution in [0.1, 0.15) is 46.1 Å². The third-order valence-electron chi connectivity index (χ3n) is 3.61. The summed E-state index contributed by atoms with van der Waals surface area (Å²) in [4.78, 5) is 2.42. The number of rotatable bonds is 7. The third-order valence-corrected chi connectivity index (χ3v) is 4.11. The van der Waals surface area contributed by atoms with Gasteiger partial charge >= 0.3 is 0 Å². The Morgan fingerprint density at radius 2 is 1.84 bits per heavy atom. The van der Waals surface area contributed by atoms with Crippen LogP contribution in [0.25, 0.3) is 0 Å². The van der Waals surface area contributed by atoms with E-state index in [0.29, 0.717) is 12.1 Å². The Bertz CT molecular complexity index is 386. The van der Waals surface area contributed by atoms with E-state index in [4.69, 9.17) is 0 Å². The van der Waals surface area contributed by atoms with Gasteiger partial charge in [-0.1, -0.05) is 43.6 Å². The Morgan fingerprint density at radius 1 is 1.21 bits per heavy atom. The number of nitrogens with one attached hydrogen (secondary N) is 1. The third kappa shape index (κ3) is 4.81. The number of hydrogen-bond acceptors (Lipinski definition) is 2. The molecule has 0 aliphatic rings. The average molecular weight is 327 g/mol. The van der Waals surface area contributed by atoms with Crippen LogP contribution in [0, 0.1) is 0 Å². The Labute approximate surface area is 126 Å². The van der Waals surface area contributed by atoms with Crippen molar-refractivity contribution in [2.75, 3.05) is 11.9 Å². The van der Waals surface area contributed by atoms with Crippen LogP contribution in [-0.2, 0) is 6.54 Å². The molecule has 108 valence electrons. The summed E-state index contributed by atoms with van der Waals surface area (Å²) in [5.41, 5.74) is 2.70. The molecular weight excluding hydrogens is 300 g/mol. The van der Waals surface area contributed by atoms with E-state index < -0.39 is 0 Å². The molecule has 0 unspecified atom stereocenters. The predicted molar refractivity (Wildman–Crippen MR) is 88.9 cm³/mol. The zero-order valence-electron chi connectivity index (χ0n) is 12.8. The second-order valence-corrected chi connectivity index (χ2v) is 6.31. The molecule has 0 aromatic heterocycles. The lowest BCUT2D eigenvalue weighted by Gasteiger charge is -2.30. The smallest absolute Gasteiger partial charge is 0.0412 e. The van der Waals surface area contributed by atoms with Crippen molar-refractivity contribution in [3.8, 4) is 0 Å². The maximum atomic E-state index is 3.58. The van der Waals surface area contributed by atoms with Crippen LogP contribution in [0.15, 0.2) is 22.7 Å². The summed E-state index contributed by atoms with van der Waals surface area (Å²) in [6.07, 6.45) is 2.36. The molecule has 19 heavy (non-hydrogen) atoms. The van der Waals surface area contributed by atoms with Gasteiger partial charge in [0.1, 0.15) is 0 Å². The lowest BCUT2D eigenvalue weighted by molar-refractivity contribution is 0.573. The standard InChI is InChI=1S/C16H27BrN2/c1-6-15(7-2)19(5)16-9-8-14(17)10-13(16)11-18-12(3)4/h8-10,12,15,18H,6-7,11H2,1-5H3. The molecule has 0 radical (unpaired) electrons. The van der Waals surface area contributed by atoms with Gasteiger partial charge in [0.25, 0.3) is 0 Å². The Morgan fingerprint density at radius 3 is 2.37 bits per heavy atom. The largest absolute Gasteiger partial charge is 0.371 e. The minimum Gasteiger partial charge on any atom is -0.371 e. The predicted octanol–water partition coefficient (Wildman–Crippen LogP) is 4.57. The highest BCUT2D eigenvalue weighted by Crippen LogP contribution is 2.26. The molecule has 0 spiro atoms. The highest BCUT2D eigenvalue weighted by molar-refractivity contribution is 9.10. The van der Waals surface area contributed by atoms with Gasteiger partial charge in [-0.05, 0) is 36.6 Å². The molecule has 0 bridgehead atoms. The molecule has 0 aliphatic carbocycles. The monoisotopic (exact) mass is 326 g/mol. The maximum absolute atomic E-state index is 3.58. The molecule has 1 aromatic rings. The van der Waals surface area contributed by atoms with Crippen molar-refractivity contribution in [2.24, 2.45) is 0 Å². The first-order chi connectivity index (χ1) is 8.99. The molecule has 0 aliphatic heterocycles. The Balaban J connectivity index is 2.98. The van der Waals surface area contributed by atoms with Crippen molar-refractivity contribution in [1.82, 2.24) is 5.32 Å². The van der Waals surface area contributed by atoms with E-state index in [1.54, 1.807) is 0 Å². The summed E-state index contributed by atoms with van der Waals surface area (Å²) in [7, 11) is 2.21. The van der Waals surface area contributed by atoms with E-state index in [2.05, 4.69) is 79.1 Å². The number of anilines is 1. The van der Waals surface area contributed by atoms with E-state index >= 15 is 0 Å². The molecule has 2 nitrogen and oxygen atoms in total. The Hall–Kier alpha value is -0.540. The first kappa shape index (κ1) is 16.5. The first-order valence-electron chi connectivity index (χ1n) is 7.24. The van der Waals surface area contributed by atoms with Crippen molar-refractivity contribution in [2.45, 2.75) is 59.2 Å². The summed E-state index contributed by atoms with van der Waals surface area (Å²) in [6, 6.07) is 7.69. The fraction of sp³-hybridized carbons (Fsp3) is 0.625. The van der Waals surface area contributed by atoms with E-state index in [9.17, 15) is 0 Å². The lowest BCUT2D eigenvalue weighted by atomic mass is 10.1. The zero-order valence-corrected chi connectivity index (χ0v) is 14.4. The van der Waals surface area contributed by atoms with Crippen molar-refractivity contribution in [1.29, 1.82) is 0 Å². The lowest BCUT2D eigenvalue weighted by Crippen LogP contribution is -2.32. The molecule has 0 saturated heterocycles. The normalized spacial score (nSPS) is 11.4. The van der Waals surface area contributed by atoms with E-state index in [1.807, 2.05) is 0 Å². The molecule has 1 rings (SSSR count). The topological polar surface area (TPSA) is 15.3 Å². The molecule has 0 heterocycles. The van der Waals surface area contributed by atoms with Gasteiger partial charge in [-0.3, -0.25) is 0 Å². The average Bonchev–Trinajstić information content (AvgIpc) is 2.37. The summed E-state index contributed by atoms with van der Waals surface area (Å²) >= 11 is 3.58. The zero-order chi connectivity index (χ0) is 14.4. The molecule has 0 fully saturated rings. The molecule has 0 saturated carbocycles. The summed E-state index contributed by atoms with van der Waals surface area (Å²) in [5, 5.41) is 3.51. The maximum Gasteiger partial charge on any atom is 0.0412 e. The van der Waals surface area contributed by atoms with Gasteiger partial charge in [-0.15, -0.1) is 0 Å². The van der Waals surface area contributed by atoms with Gasteiger partial charge in [0.2, 0.25) is 0 Å². The van der Waals surface area contributed by atoms with Crippen LogP contribution < -0.4 is 10.2 Å². The van der Waals surface area contributed by atoms with E-state index in [1.165, 1.54) is 24.1 Å². The molecule has 0 atom stereocenters. The second kappa shape index (κ2) is 7.91. The number of halogens is 1. The Kier molecular flexibility index (Phi) is 6.87. The summed E-state index contributed by atoms with van der Waals surface area (Å²) in [6.45, 7) is 9.80. The fourth-order valence-electron chi connectivity index (χ4n) is 2.39. The van der Waals surface area contributed by atoms with Gasteiger partial charge in [-0.2, -0.15) is 0 Å².